The Morgan fingerprint density at radius 3 is 1.41 bits per heavy atom. The van der Waals surface area contributed by atoms with Crippen molar-refractivity contribution in [2.45, 2.75) is 54.6 Å². The summed E-state index contributed by atoms with van der Waals surface area (Å²) in [7, 11) is -3.00. The minimum atomic E-state index is -3.00. The third-order valence-corrected chi connectivity index (χ3v) is 7.70. The molecule has 0 saturated carbocycles. The molecule has 0 unspecified atom stereocenters. The summed E-state index contributed by atoms with van der Waals surface area (Å²) < 4.78 is 15.4. The lowest BCUT2D eigenvalue weighted by molar-refractivity contribution is 0.822. The van der Waals surface area contributed by atoms with Gasteiger partial charge in [0.1, 0.15) is 0 Å². The van der Waals surface area contributed by atoms with Gasteiger partial charge in [-0.05, 0) is 61.3 Å². The number of rotatable bonds is 4. The van der Waals surface area contributed by atoms with E-state index in [0.29, 0.717) is 0 Å². The van der Waals surface area contributed by atoms with Crippen LogP contribution in [0.15, 0.2) is 48.5 Å². The SMILES string of the molecule is Cc1cc(C)c([B-](c2ccccc2[Si](C)(C)F)c2c(C)cc(C)cc2C)c(C)c1. The van der Waals surface area contributed by atoms with Gasteiger partial charge in [-0.2, -0.15) is 0 Å². The molecule has 3 rings (SSSR count). The van der Waals surface area contributed by atoms with E-state index in [1.54, 1.807) is 13.1 Å². The summed E-state index contributed by atoms with van der Waals surface area (Å²) in [5.74, 6) is 0. The van der Waals surface area contributed by atoms with E-state index in [1.165, 1.54) is 44.3 Å². The van der Waals surface area contributed by atoms with E-state index >= 15 is 4.11 Å². The summed E-state index contributed by atoms with van der Waals surface area (Å²) in [4.78, 5) is 0. The van der Waals surface area contributed by atoms with Gasteiger partial charge in [-0.1, -0.05) is 87.1 Å². The van der Waals surface area contributed by atoms with Crippen molar-refractivity contribution >= 4 is 36.7 Å². The van der Waals surface area contributed by atoms with Crippen LogP contribution in [0.25, 0.3) is 0 Å². The largest absolute Gasteiger partial charge is 0.309 e. The number of halogens is 1. The molecule has 29 heavy (non-hydrogen) atoms. The molecule has 151 valence electrons. The van der Waals surface area contributed by atoms with E-state index in [2.05, 4.69) is 77.9 Å². The van der Waals surface area contributed by atoms with Crippen molar-refractivity contribution in [3.8, 4) is 0 Å². The molecule has 0 heterocycles. The van der Waals surface area contributed by atoms with Gasteiger partial charge in [-0.15, -0.1) is 0 Å². The molecule has 0 nitrogen and oxygen atoms in total. The lowest BCUT2D eigenvalue weighted by atomic mass is 9.34. The second-order valence-corrected chi connectivity index (χ2v) is 12.6. The highest BCUT2D eigenvalue weighted by Gasteiger charge is 2.27. The van der Waals surface area contributed by atoms with Crippen LogP contribution in [0.4, 0.5) is 4.11 Å². The zero-order valence-corrected chi connectivity index (χ0v) is 20.1. The summed E-state index contributed by atoms with van der Waals surface area (Å²) in [5, 5.41) is 0.906. The quantitative estimate of drug-likeness (QED) is 0.447. The summed E-state index contributed by atoms with van der Waals surface area (Å²) in [6.07, 6.45) is 0. The first-order chi connectivity index (χ1) is 13.5. The van der Waals surface area contributed by atoms with Crippen LogP contribution in [0.5, 0.6) is 0 Å². The zero-order valence-electron chi connectivity index (χ0n) is 19.1. The highest BCUT2D eigenvalue weighted by Crippen LogP contribution is 2.14. The van der Waals surface area contributed by atoms with Gasteiger partial charge in [-0.3, -0.25) is 0 Å². The van der Waals surface area contributed by atoms with Crippen LogP contribution in [0, 0.1) is 41.5 Å². The van der Waals surface area contributed by atoms with E-state index in [9.17, 15) is 0 Å². The summed E-state index contributed by atoms with van der Waals surface area (Å²) in [6, 6.07) is 17.2. The van der Waals surface area contributed by atoms with Gasteiger partial charge in [-0.25, -0.2) is 16.4 Å². The van der Waals surface area contributed by atoms with E-state index in [4.69, 9.17) is 0 Å². The number of benzene rings is 3. The summed E-state index contributed by atoms with van der Waals surface area (Å²) >= 11 is 0. The molecule has 0 saturated heterocycles. The first kappa shape index (κ1) is 21.6. The Bertz CT molecular complexity index is 959. The third-order valence-electron chi connectivity index (χ3n) is 5.97. The first-order valence-corrected chi connectivity index (χ1v) is 13.3. The van der Waals surface area contributed by atoms with E-state index < -0.39 is 8.41 Å². The van der Waals surface area contributed by atoms with Crippen LogP contribution in [0.1, 0.15) is 33.4 Å². The van der Waals surface area contributed by atoms with Crippen LogP contribution in [0.2, 0.25) is 13.1 Å². The Morgan fingerprint density at radius 2 is 1.03 bits per heavy atom. The van der Waals surface area contributed by atoms with Crippen LogP contribution in [-0.2, 0) is 0 Å². The fraction of sp³-hybridized carbons (Fsp3) is 0.308. The molecule has 0 spiro atoms. The predicted octanol–water partition coefficient (Wildman–Crippen LogP) is 4.43. The van der Waals surface area contributed by atoms with Gasteiger partial charge in [0, 0.05) is 0 Å². The lowest BCUT2D eigenvalue weighted by Gasteiger charge is -2.40. The monoisotopic (exact) mass is 402 g/mol. The Kier molecular flexibility index (Phi) is 5.91. The molecule has 0 atom stereocenters. The minimum absolute atomic E-state index is 0.0370. The average molecular weight is 402 g/mol. The molecule has 3 aromatic rings. The fourth-order valence-corrected chi connectivity index (χ4v) is 6.45. The fourth-order valence-electron chi connectivity index (χ4n) is 5.04. The molecule has 3 aromatic carbocycles. The Balaban J connectivity index is 2.44. The van der Waals surface area contributed by atoms with E-state index in [1.807, 2.05) is 12.1 Å². The normalized spacial score (nSPS) is 11.9. The smallest absolute Gasteiger partial charge is 0.268 e. The van der Waals surface area contributed by atoms with E-state index in [0.717, 1.165) is 10.6 Å². The van der Waals surface area contributed by atoms with Gasteiger partial charge < -0.3 is 4.11 Å². The van der Waals surface area contributed by atoms with E-state index in [-0.39, 0.29) is 6.71 Å². The molecule has 0 bridgehead atoms. The zero-order chi connectivity index (χ0) is 21.5. The minimum Gasteiger partial charge on any atom is -0.309 e. The van der Waals surface area contributed by atoms with Crippen molar-refractivity contribution in [2.75, 3.05) is 0 Å². The third kappa shape index (κ3) is 4.25. The van der Waals surface area contributed by atoms with Crippen LogP contribution >= 0.6 is 0 Å². The molecule has 0 aliphatic heterocycles. The second kappa shape index (κ2) is 7.95. The molecule has 0 N–H and O–H groups in total. The van der Waals surface area contributed by atoms with Gasteiger partial charge in [0.25, 0.3) is 8.41 Å². The summed E-state index contributed by atoms with van der Waals surface area (Å²) in [6.45, 7) is 16.7. The highest BCUT2D eigenvalue weighted by molar-refractivity contribution is 7.01. The number of aryl methyl sites for hydroxylation is 6. The van der Waals surface area contributed by atoms with Gasteiger partial charge >= 0.3 is 0 Å². The molecule has 0 aliphatic rings. The number of hydrogen-bond acceptors (Lipinski definition) is 0. The summed E-state index contributed by atoms with van der Waals surface area (Å²) in [5.41, 5.74) is 11.4. The second-order valence-electron chi connectivity index (χ2n) is 9.12. The lowest BCUT2D eigenvalue weighted by Crippen LogP contribution is -2.63. The van der Waals surface area contributed by atoms with Crippen LogP contribution in [-0.4, -0.2) is 15.1 Å². The first-order valence-electron chi connectivity index (χ1n) is 10.4. The Hall–Kier alpha value is -2.13. The molecule has 0 amide bonds. The molecule has 0 aromatic heterocycles. The maximum absolute atomic E-state index is 15.4. The maximum Gasteiger partial charge on any atom is 0.268 e. The molecule has 3 heteroatoms. The van der Waals surface area contributed by atoms with Crippen LogP contribution in [0.3, 0.4) is 0 Å². The van der Waals surface area contributed by atoms with Gasteiger partial charge in [0.05, 0.1) is 0 Å². The van der Waals surface area contributed by atoms with Crippen molar-refractivity contribution in [3.05, 3.63) is 81.9 Å². The van der Waals surface area contributed by atoms with Crippen molar-refractivity contribution < 1.29 is 4.11 Å². The standard InChI is InChI=1S/C26H32BFSi/c1-17-13-19(3)25(20(4)14-17)27(26-21(5)15-18(2)16-22(26)6)23-11-9-10-12-24(23)29(7,8)28/h9-16H,1-8H3/q-1. The van der Waals surface area contributed by atoms with Crippen molar-refractivity contribution in [1.29, 1.82) is 0 Å². The molecular weight excluding hydrogens is 370 g/mol. The predicted molar refractivity (Wildman–Crippen MR) is 131 cm³/mol. The average Bonchev–Trinajstić information content (AvgIpc) is 2.58. The van der Waals surface area contributed by atoms with Gasteiger partial charge in [0.15, 0.2) is 0 Å². The van der Waals surface area contributed by atoms with Crippen molar-refractivity contribution in [1.82, 2.24) is 0 Å². The Labute approximate surface area is 177 Å². The molecule has 0 aliphatic carbocycles. The topological polar surface area (TPSA) is 0 Å². The molecular formula is C26H32BFSi-. The maximum atomic E-state index is 15.4. The molecule has 1 radical (unpaired) electrons. The number of hydrogen-bond donors (Lipinski definition) is 0. The molecule has 0 fully saturated rings. The van der Waals surface area contributed by atoms with Crippen molar-refractivity contribution in [2.24, 2.45) is 0 Å². The van der Waals surface area contributed by atoms with Crippen molar-refractivity contribution in [3.63, 3.8) is 0 Å². The Morgan fingerprint density at radius 1 is 0.655 bits per heavy atom. The highest BCUT2D eigenvalue weighted by atomic mass is 28.4. The van der Waals surface area contributed by atoms with Crippen LogP contribution < -0.4 is 21.6 Å². The van der Waals surface area contributed by atoms with Gasteiger partial charge in [0.2, 0.25) is 0 Å².